The fourth-order valence-corrected chi connectivity index (χ4v) is 2.13. The van der Waals surface area contributed by atoms with Gasteiger partial charge in [0.2, 0.25) is 0 Å². The fraction of sp³-hybridized carbons (Fsp3) is 0.235. The molecule has 2 aromatic rings. The first-order valence-electron chi connectivity index (χ1n) is 7.20. The van der Waals surface area contributed by atoms with Gasteiger partial charge in [-0.05, 0) is 24.6 Å². The average Bonchev–Trinajstić information content (AvgIpc) is 2.57. The first-order chi connectivity index (χ1) is 11.1. The van der Waals surface area contributed by atoms with Crippen molar-refractivity contribution in [2.24, 2.45) is 0 Å². The number of hydrogen-bond donors (Lipinski definition) is 0. The van der Waals surface area contributed by atoms with E-state index in [-0.39, 0.29) is 13.2 Å². The lowest BCUT2D eigenvalue weighted by atomic mass is 10.2. The second kappa shape index (κ2) is 8.29. The maximum absolute atomic E-state index is 12.3. The van der Waals surface area contributed by atoms with E-state index in [9.17, 15) is 9.59 Å². The Hall–Kier alpha value is -2.40. The van der Waals surface area contributed by atoms with Crippen molar-refractivity contribution >= 4 is 23.5 Å². The normalized spacial score (nSPS) is 10.2. The average molecular weight is 333 g/mol. The van der Waals surface area contributed by atoms with Crippen LogP contribution in [0.5, 0.6) is 0 Å². The Labute approximate surface area is 139 Å². The molecule has 1 heterocycles. The molecule has 0 atom stereocenters. The van der Waals surface area contributed by atoms with Crippen LogP contribution < -0.4 is 0 Å². The number of amides is 1. The van der Waals surface area contributed by atoms with Gasteiger partial charge in [-0.1, -0.05) is 41.9 Å². The molecule has 0 radical (unpaired) electrons. The maximum atomic E-state index is 12.3. The highest BCUT2D eigenvalue weighted by atomic mass is 35.5. The van der Waals surface area contributed by atoms with Crippen LogP contribution in [0.3, 0.4) is 0 Å². The molecule has 0 aliphatic heterocycles. The minimum atomic E-state index is -0.864. The molecule has 0 unspecified atom stereocenters. The van der Waals surface area contributed by atoms with Crippen LogP contribution in [0.25, 0.3) is 0 Å². The van der Waals surface area contributed by atoms with Gasteiger partial charge in [-0.3, -0.25) is 9.78 Å². The van der Waals surface area contributed by atoms with E-state index in [0.717, 1.165) is 5.56 Å². The smallest absolute Gasteiger partial charge is 0.397 e. The minimum absolute atomic E-state index is 0.156. The molecule has 0 aliphatic carbocycles. The highest BCUT2D eigenvalue weighted by Crippen LogP contribution is 2.12. The fourth-order valence-electron chi connectivity index (χ4n) is 2.02. The quantitative estimate of drug-likeness (QED) is 0.624. The number of pyridine rings is 1. The number of halogens is 1. The van der Waals surface area contributed by atoms with Crippen molar-refractivity contribution in [1.29, 1.82) is 0 Å². The number of ether oxygens (including phenoxy) is 1. The van der Waals surface area contributed by atoms with Crippen molar-refractivity contribution < 1.29 is 14.3 Å². The molecular formula is C17H17ClN2O3. The van der Waals surface area contributed by atoms with E-state index >= 15 is 0 Å². The van der Waals surface area contributed by atoms with Crippen molar-refractivity contribution in [1.82, 2.24) is 9.88 Å². The molecule has 1 amide bonds. The molecule has 0 aliphatic rings. The lowest BCUT2D eigenvalue weighted by Crippen LogP contribution is -2.37. The molecule has 1 aromatic carbocycles. The number of hydrogen-bond acceptors (Lipinski definition) is 4. The third kappa shape index (κ3) is 5.07. The molecule has 120 valence electrons. The van der Waals surface area contributed by atoms with Crippen LogP contribution in [0.1, 0.15) is 18.2 Å². The standard InChI is InChI=1S/C17H17ClN2O3/c1-2-23-17(22)16(21)20(11-13-6-4-3-5-7-13)12-15-9-8-14(18)10-19-15/h3-10H,2,11-12H2,1H3. The first kappa shape index (κ1) is 17.0. The van der Waals surface area contributed by atoms with E-state index in [4.69, 9.17) is 16.3 Å². The molecule has 0 spiro atoms. The van der Waals surface area contributed by atoms with Crippen LogP contribution in [0.4, 0.5) is 0 Å². The number of carbonyl (C=O) groups is 2. The number of nitrogens with zero attached hydrogens (tertiary/aromatic N) is 2. The highest BCUT2D eigenvalue weighted by molar-refractivity contribution is 6.32. The molecule has 0 saturated carbocycles. The third-order valence-corrected chi connectivity index (χ3v) is 3.32. The number of esters is 1. The zero-order chi connectivity index (χ0) is 16.7. The molecular weight excluding hydrogens is 316 g/mol. The number of aromatic nitrogens is 1. The molecule has 23 heavy (non-hydrogen) atoms. The van der Waals surface area contributed by atoms with Gasteiger partial charge >= 0.3 is 11.9 Å². The summed E-state index contributed by atoms with van der Waals surface area (Å²) in [5.74, 6) is -1.55. The zero-order valence-corrected chi connectivity index (χ0v) is 13.5. The molecule has 0 fully saturated rings. The predicted molar refractivity (Wildman–Crippen MR) is 86.6 cm³/mol. The third-order valence-electron chi connectivity index (χ3n) is 3.10. The zero-order valence-electron chi connectivity index (χ0n) is 12.7. The van der Waals surface area contributed by atoms with Crippen molar-refractivity contribution in [3.05, 3.63) is 64.9 Å². The van der Waals surface area contributed by atoms with Crippen molar-refractivity contribution in [3.8, 4) is 0 Å². The van der Waals surface area contributed by atoms with Gasteiger partial charge in [0.05, 0.1) is 23.9 Å². The van der Waals surface area contributed by atoms with E-state index in [0.29, 0.717) is 17.3 Å². The SMILES string of the molecule is CCOC(=O)C(=O)N(Cc1ccccc1)Cc1ccc(Cl)cn1. The van der Waals surface area contributed by atoms with Gasteiger partial charge in [0, 0.05) is 12.7 Å². The largest absolute Gasteiger partial charge is 0.459 e. The van der Waals surface area contributed by atoms with Gasteiger partial charge in [-0.25, -0.2) is 4.79 Å². The second-order valence-electron chi connectivity index (χ2n) is 4.84. The predicted octanol–water partition coefficient (Wildman–Crippen LogP) is 2.83. The number of carbonyl (C=O) groups excluding carboxylic acids is 2. The van der Waals surface area contributed by atoms with Crippen LogP contribution in [-0.2, 0) is 27.4 Å². The highest BCUT2D eigenvalue weighted by Gasteiger charge is 2.23. The molecule has 5 nitrogen and oxygen atoms in total. The summed E-state index contributed by atoms with van der Waals surface area (Å²) in [5.41, 5.74) is 1.56. The Bertz CT molecular complexity index is 659. The van der Waals surface area contributed by atoms with Gasteiger partial charge in [0.1, 0.15) is 0 Å². The molecule has 1 aromatic heterocycles. The summed E-state index contributed by atoms with van der Waals surface area (Å²) >= 11 is 5.82. The van der Waals surface area contributed by atoms with Crippen LogP contribution in [0, 0.1) is 0 Å². The Morgan fingerprint density at radius 2 is 1.87 bits per heavy atom. The van der Waals surface area contributed by atoms with E-state index in [2.05, 4.69) is 4.98 Å². The van der Waals surface area contributed by atoms with Crippen LogP contribution in [-0.4, -0.2) is 28.4 Å². The van der Waals surface area contributed by atoms with Crippen LogP contribution in [0.2, 0.25) is 5.02 Å². The van der Waals surface area contributed by atoms with Gasteiger partial charge in [-0.2, -0.15) is 0 Å². The van der Waals surface area contributed by atoms with Crippen molar-refractivity contribution in [3.63, 3.8) is 0 Å². The summed E-state index contributed by atoms with van der Waals surface area (Å²) < 4.78 is 4.81. The maximum Gasteiger partial charge on any atom is 0.397 e. The van der Waals surface area contributed by atoms with Crippen LogP contribution in [0.15, 0.2) is 48.7 Å². The van der Waals surface area contributed by atoms with E-state index in [1.165, 1.54) is 11.1 Å². The molecule has 0 bridgehead atoms. The number of rotatable bonds is 5. The van der Waals surface area contributed by atoms with Crippen molar-refractivity contribution in [2.75, 3.05) is 6.61 Å². The number of benzene rings is 1. The van der Waals surface area contributed by atoms with E-state index in [1.807, 2.05) is 30.3 Å². The first-order valence-corrected chi connectivity index (χ1v) is 7.58. The summed E-state index contributed by atoms with van der Waals surface area (Å²) in [5, 5.41) is 0.514. The molecule has 2 rings (SSSR count). The lowest BCUT2D eigenvalue weighted by Gasteiger charge is -2.21. The second-order valence-corrected chi connectivity index (χ2v) is 5.27. The Morgan fingerprint density at radius 3 is 2.48 bits per heavy atom. The monoisotopic (exact) mass is 332 g/mol. The molecule has 6 heteroatoms. The van der Waals surface area contributed by atoms with Gasteiger partial charge in [0.15, 0.2) is 0 Å². The summed E-state index contributed by atoms with van der Waals surface area (Å²) in [7, 11) is 0. The summed E-state index contributed by atoms with van der Waals surface area (Å²) in [6.45, 7) is 2.31. The van der Waals surface area contributed by atoms with Gasteiger partial charge in [0.25, 0.3) is 0 Å². The summed E-state index contributed by atoms with van der Waals surface area (Å²) in [6.07, 6.45) is 1.51. The Balaban J connectivity index is 2.18. The molecule has 0 saturated heterocycles. The summed E-state index contributed by atoms with van der Waals surface area (Å²) in [4.78, 5) is 29.6. The lowest BCUT2D eigenvalue weighted by molar-refractivity contribution is -0.160. The topological polar surface area (TPSA) is 59.5 Å². The van der Waals surface area contributed by atoms with Gasteiger partial charge < -0.3 is 9.64 Å². The minimum Gasteiger partial charge on any atom is -0.459 e. The Morgan fingerprint density at radius 1 is 1.13 bits per heavy atom. The van der Waals surface area contributed by atoms with Crippen LogP contribution >= 0.6 is 11.6 Å². The summed E-state index contributed by atoms with van der Waals surface area (Å²) in [6, 6.07) is 12.8. The van der Waals surface area contributed by atoms with Crippen molar-refractivity contribution in [2.45, 2.75) is 20.0 Å². The van der Waals surface area contributed by atoms with E-state index in [1.54, 1.807) is 19.1 Å². The van der Waals surface area contributed by atoms with E-state index < -0.39 is 11.9 Å². The van der Waals surface area contributed by atoms with Gasteiger partial charge in [-0.15, -0.1) is 0 Å². The molecule has 0 N–H and O–H groups in total. The Kier molecular flexibility index (Phi) is 6.11.